The number of hydrogen-bond donors (Lipinski definition) is 0. The number of non-ortho nitro benzene ring substituents is 1. The number of nitrogens with zero attached hydrogens (tertiary/aromatic N) is 4. The molecule has 0 fully saturated rings. The summed E-state index contributed by atoms with van der Waals surface area (Å²) in [6.45, 7) is 0. The summed E-state index contributed by atoms with van der Waals surface area (Å²) in [4.78, 5) is 10.2. The molecule has 0 bridgehead atoms. The van der Waals surface area contributed by atoms with Crippen LogP contribution in [0.1, 0.15) is 11.3 Å². The van der Waals surface area contributed by atoms with Crippen molar-refractivity contribution < 1.29 is 27.6 Å². The molecule has 3 rings (SSSR count). The van der Waals surface area contributed by atoms with E-state index >= 15 is 0 Å². The predicted molar refractivity (Wildman–Crippen MR) is 98.5 cm³/mol. The van der Waals surface area contributed by atoms with E-state index in [9.17, 15) is 28.5 Å². The molecule has 0 aliphatic rings. The third-order valence-electron chi connectivity index (χ3n) is 4.23. The molecule has 0 unspecified atom stereocenters. The third-order valence-corrected chi connectivity index (χ3v) is 4.23. The molecule has 30 heavy (non-hydrogen) atoms. The molecule has 3 aromatic rings. The van der Waals surface area contributed by atoms with Gasteiger partial charge < -0.3 is 9.47 Å². The minimum Gasteiger partial charge on any atom is -0.493 e. The largest absolute Gasteiger partial charge is 0.493 e. The first-order chi connectivity index (χ1) is 14.2. The number of nitriles is 1. The summed E-state index contributed by atoms with van der Waals surface area (Å²) in [5, 5.41) is 23.9. The second-order valence-electron chi connectivity index (χ2n) is 5.94. The minimum absolute atomic E-state index is 0.109. The van der Waals surface area contributed by atoms with Gasteiger partial charge in [0.25, 0.3) is 5.69 Å². The Labute approximate surface area is 167 Å². The van der Waals surface area contributed by atoms with Crippen molar-refractivity contribution in [1.29, 1.82) is 5.26 Å². The molecule has 0 aliphatic heterocycles. The number of nitro benzene ring substituents is 1. The number of halogens is 3. The zero-order valence-corrected chi connectivity index (χ0v) is 15.6. The quantitative estimate of drug-likeness (QED) is 0.451. The van der Waals surface area contributed by atoms with Crippen molar-refractivity contribution in [2.75, 3.05) is 14.2 Å². The molecular weight excluding hydrogens is 405 g/mol. The lowest BCUT2D eigenvalue weighted by Crippen LogP contribution is -2.08. The van der Waals surface area contributed by atoms with Crippen LogP contribution in [0.15, 0.2) is 42.5 Å². The van der Waals surface area contributed by atoms with Crippen LogP contribution in [0.4, 0.5) is 18.9 Å². The summed E-state index contributed by atoms with van der Waals surface area (Å²) in [7, 11) is 2.77. The van der Waals surface area contributed by atoms with E-state index in [1.165, 1.54) is 44.6 Å². The summed E-state index contributed by atoms with van der Waals surface area (Å²) in [5.74, 6) is 0.584. The lowest BCUT2D eigenvalue weighted by atomic mass is 10.0. The maximum absolute atomic E-state index is 13.5. The van der Waals surface area contributed by atoms with E-state index in [1.807, 2.05) is 0 Å². The molecule has 0 atom stereocenters. The number of aromatic nitrogens is 2. The van der Waals surface area contributed by atoms with E-state index in [-0.39, 0.29) is 28.4 Å². The molecule has 0 radical (unpaired) electrons. The van der Waals surface area contributed by atoms with Gasteiger partial charge >= 0.3 is 6.18 Å². The second-order valence-corrected chi connectivity index (χ2v) is 5.94. The Kier molecular flexibility index (Phi) is 5.33. The monoisotopic (exact) mass is 418 g/mol. The molecule has 11 heteroatoms. The Balaban J connectivity index is 2.31. The Morgan fingerprint density at radius 3 is 2.23 bits per heavy atom. The Hall–Kier alpha value is -4.07. The average molecular weight is 418 g/mol. The van der Waals surface area contributed by atoms with E-state index in [0.717, 1.165) is 16.8 Å². The van der Waals surface area contributed by atoms with E-state index in [4.69, 9.17) is 9.47 Å². The van der Waals surface area contributed by atoms with E-state index in [0.29, 0.717) is 5.75 Å². The predicted octanol–water partition coefficient (Wildman–Crippen LogP) is 4.36. The van der Waals surface area contributed by atoms with Gasteiger partial charge in [0.1, 0.15) is 11.6 Å². The van der Waals surface area contributed by atoms with E-state index in [1.54, 1.807) is 6.07 Å². The highest BCUT2D eigenvalue weighted by molar-refractivity contribution is 5.73. The van der Waals surface area contributed by atoms with Gasteiger partial charge in [-0.2, -0.15) is 23.5 Å². The lowest BCUT2D eigenvalue weighted by molar-refractivity contribution is -0.384. The standard InChI is InChI=1S/C19H13F3N4O4/c1-29-15-8-3-11(9-16(15)30-2)17-14(10-23)18(19(20,21)22)24-25(17)12-4-6-13(7-5-12)26(27)28/h3-9H,1-2H3. The van der Waals surface area contributed by atoms with Crippen molar-refractivity contribution >= 4 is 5.69 Å². The van der Waals surface area contributed by atoms with Gasteiger partial charge in [0.05, 0.1) is 30.5 Å². The molecule has 0 saturated carbocycles. The Morgan fingerprint density at radius 1 is 1.10 bits per heavy atom. The highest BCUT2D eigenvalue weighted by atomic mass is 19.4. The SMILES string of the molecule is COc1ccc(-c2c(C#N)c(C(F)(F)F)nn2-c2ccc([N+](=O)[O-])cc2)cc1OC. The van der Waals surface area contributed by atoms with Gasteiger partial charge in [-0.1, -0.05) is 0 Å². The molecule has 8 nitrogen and oxygen atoms in total. The van der Waals surface area contributed by atoms with Crippen LogP contribution in [0.2, 0.25) is 0 Å². The number of hydrogen-bond acceptors (Lipinski definition) is 6. The molecule has 1 heterocycles. The summed E-state index contributed by atoms with van der Waals surface area (Å²) < 4.78 is 51.9. The fraction of sp³-hybridized carbons (Fsp3) is 0.158. The molecule has 154 valence electrons. The zero-order valence-electron chi connectivity index (χ0n) is 15.6. The van der Waals surface area contributed by atoms with E-state index in [2.05, 4.69) is 5.10 Å². The Bertz CT molecular complexity index is 1150. The van der Waals surface area contributed by atoms with Crippen LogP contribution >= 0.6 is 0 Å². The van der Waals surface area contributed by atoms with Crippen molar-refractivity contribution in [1.82, 2.24) is 9.78 Å². The molecule has 0 aliphatic carbocycles. The van der Waals surface area contributed by atoms with Crippen molar-refractivity contribution in [3.63, 3.8) is 0 Å². The van der Waals surface area contributed by atoms with Crippen LogP contribution in [-0.4, -0.2) is 28.9 Å². The number of rotatable bonds is 5. The maximum Gasteiger partial charge on any atom is 0.436 e. The van der Waals surface area contributed by atoms with Crippen LogP contribution < -0.4 is 9.47 Å². The van der Waals surface area contributed by atoms with Gasteiger partial charge in [-0.05, 0) is 30.3 Å². The minimum atomic E-state index is -4.89. The Morgan fingerprint density at radius 2 is 1.73 bits per heavy atom. The summed E-state index contributed by atoms with van der Waals surface area (Å²) in [6.07, 6.45) is -4.89. The van der Waals surface area contributed by atoms with Crippen molar-refractivity contribution in [2.45, 2.75) is 6.18 Å². The van der Waals surface area contributed by atoms with Gasteiger partial charge in [0.15, 0.2) is 17.2 Å². The third kappa shape index (κ3) is 3.62. The topological polar surface area (TPSA) is 103 Å². The first kappa shape index (κ1) is 20.7. The molecule has 2 aromatic carbocycles. The van der Waals surface area contributed by atoms with Crippen molar-refractivity contribution in [3.8, 4) is 34.5 Å². The highest BCUT2D eigenvalue weighted by Crippen LogP contribution is 2.40. The van der Waals surface area contributed by atoms with Crippen LogP contribution in [0.3, 0.4) is 0 Å². The smallest absolute Gasteiger partial charge is 0.436 e. The van der Waals surface area contributed by atoms with Crippen LogP contribution in [-0.2, 0) is 6.18 Å². The average Bonchev–Trinajstić information content (AvgIpc) is 3.13. The summed E-state index contributed by atoms with van der Waals surface area (Å²) in [6, 6.07) is 10.7. The highest BCUT2D eigenvalue weighted by Gasteiger charge is 2.40. The van der Waals surface area contributed by atoms with Crippen LogP contribution in [0.25, 0.3) is 16.9 Å². The summed E-state index contributed by atoms with van der Waals surface area (Å²) in [5.41, 5.74) is -2.11. The molecule has 1 aromatic heterocycles. The lowest BCUT2D eigenvalue weighted by Gasteiger charge is -2.12. The van der Waals surface area contributed by atoms with Gasteiger partial charge in [0, 0.05) is 17.7 Å². The number of ether oxygens (including phenoxy) is 2. The van der Waals surface area contributed by atoms with Gasteiger partial charge in [-0.3, -0.25) is 10.1 Å². The van der Waals surface area contributed by atoms with Crippen molar-refractivity contribution in [3.05, 3.63) is 63.8 Å². The first-order valence-corrected chi connectivity index (χ1v) is 8.28. The van der Waals surface area contributed by atoms with Crippen LogP contribution in [0.5, 0.6) is 11.5 Å². The normalized spacial score (nSPS) is 11.1. The van der Waals surface area contributed by atoms with Gasteiger partial charge in [-0.15, -0.1) is 0 Å². The second kappa shape index (κ2) is 7.75. The molecule has 0 saturated heterocycles. The first-order valence-electron chi connectivity index (χ1n) is 8.28. The number of alkyl halides is 3. The molecule has 0 spiro atoms. The summed E-state index contributed by atoms with van der Waals surface area (Å²) >= 11 is 0. The number of nitro groups is 1. The van der Waals surface area contributed by atoms with E-state index < -0.39 is 22.4 Å². The van der Waals surface area contributed by atoms with Crippen LogP contribution in [0, 0.1) is 21.4 Å². The van der Waals surface area contributed by atoms with Gasteiger partial charge in [0.2, 0.25) is 0 Å². The maximum atomic E-state index is 13.5. The molecular formula is C19H13F3N4O4. The molecule has 0 amide bonds. The van der Waals surface area contributed by atoms with Crippen molar-refractivity contribution in [2.24, 2.45) is 0 Å². The zero-order chi connectivity index (χ0) is 22.1. The fourth-order valence-electron chi connectivity index (χ4n) is 2.87. The number of methoxy groups -OCH3 is 2. The number of benzene rings is 2. The van der Waals surface area contributed by atoms with Gasteiger partial charge in [-0.25, -0.2) is 4.68 Å². The fourth-order valence-corrected chi connectivity index (χ4v) is 2.87. The molecule has 0 N–H and O–H groups in total.